The van der Waals surface area contributed by atoms with Gasteiger partial charge in [0, 0.05) is 18.7 Å². The van der Waals surface area contributed by atoms with Crippen LogP contribution in [-0.4, -0.2) is 45.7 Å². The van der Waals surface area contributed by atoms with Gasteiger partial charge in [-0.25, -0.2) is 4.63 Å². The fourth-order valence-corrected chi connectivity index (χ4v) is 3.44. The van der Waals surface area contributed by atoms with Gasteiger partial charge in [0.05, 0.1) is 0 Å². The van der Waals surface area contributed by atoms with Crippen molar-refractivity contribution in [3.05, 3.63) is 23.8 Å². The van der Waals surface area contributed by atoms with Gasteiger partial charge in [0.25, 0.3) is 5.91 Å². The number of carbonyl (C=O) groups is 1. The minimum absolute atomic E-state index is 0.0433. The van der Waals surface area contributed by atoms with Crippen LogP contribution in [0, 0.1) is 0 Å². The monoisotopic (exact) mass is 277 g/mol. The number of aromatic nitrogens is 2. The van der Waals surface area contributed by atoms with Gasteiger partial charge < -0.3 is 4.90 Å². The van der Waals surface area contributed by atoms with Crippen LogP contribution < -0.4 is 0 Å². The molecule has 1 aromatic heterocycles. The topological polar surface area (TPSA) is 59.2 Å². The van der Waals surface area contributed by atoms with Crippen LogP contribution in [0.2, 0.25) is 0 Å². The van der Waals surface area contributed by atoms with Crippen molar-refractivity contribution in [2.75, 3.05) is 18.6 Å². The molecule has 0 N–H and O–H groups in total. The Bertz CT molecular complexity index is 592. The Kier molecular flexibility index (Phi) is 3.42. The summed E-state index contributed by atoms with van der Waals surface area (Å²) in [7, 11) is 1.88. The van der Waals surface area contributed by atoms with Gasteiger partial charge in [0.1, 0.15) is 11.0 Å². The summed E-state index contributed by atoms with van der Waals surface area (Å²) in [5, 5.41) is 7.51. The van der Waals surface area contributed by atoms with Crippen LogP contribution in [0.4, 0.5) is 0 Å². The predicted molar refractivity (Wildman–Crippen MR) is 74.2 cm³/mol. The van der Waals surface area contributed by atoms with Crippen molar-refractivity contribution in [3.63, 3.8) is 0 Å². The third-order valence-corrected chi connectivity index (χ3v) is 4.61. The Morgan fingerprint density at radius 2 is 2.05 bits per heavy atom. The number of carbonyl (C=O) groups excluding carboxylic acids is 1. The van der Waals surface area contributed by atoms with E-state index in [1.807, 2.05) is 23.7 Å². The number of hydrogen-bond donors (Lipinski definition) is 0. The van der Waals surface area contributed by atoms with E-state index in [2.05, 4.69) is 14.9 Å². The van der Waals surface area contributed by atoms with Gasteiger partial charge in [0.2, 0.25) is 0 Å². The first-order valence-corrected chi connectivity index (χ1v) is 7.48. The lowest BCUT2D eigenvalue weighted by atomic mass is 10.1. The highest BCUT2D eigenvalue weighted by molar-refractivity contribution is 7.99. The van der Waals surface area contributed by atoms with Crippen molar-refractivity contribution in [2.45, 2.75) is 18.9 Å². The average Bonchev–Trinajstić information content (AvgIpc) is 2.94. The summed E-state index contributed by atoms with van der Waals surface area (Å²) >= 11 is 1.96. The van der Waals surface area contributed by atoms with Crippen molar-refractivity contribution in [3.8, 4) is 0 Å². The molecule has 19 heavy (non-hydrogen) atoms. The van der Waals surface area contributed by atoms with Crippen molar-refractivity contribution in [1.82, 2.24) is 15.2 Å². The fraction of sp³-hybridized carbons (Fsp3) is 0.462. The summed E-state index contributed by atoms with van der Waals surface area (Å²) in [6.45, 7) is 0. The number of amides is 1. The molecule has 100 valence electrons. The molecule has 0 atom stereocenters. The molecule has 1 aliphatic rings. The number of hydrogen-bond acceptors (Lipinski definition) is 5. The minimum Gasteiger partial charge on any atom is -0.339 e. The van der Waals surface area contributed by atoms with Gasteiger partial charge in [-0.05, 0) is 52.9 Å². The Morgan fingerprint density at radius 1 is 1.32 bits per heavy atom. The highest BCUT2D eigenvalue weighted by atomic mass is 32.2. The van der Waals surface area contributed by atoms with E-state index in [4.69, 9.17) is 0 Å². The Hall–Kier alpha value is -1.56. The van der Waals surface area contributed by atoms with Crippen molar-refractivity contribution < 1.29 is 9.42 Å². The SMILES string of the molecule is CN(C(=O)c1ccc2nonc2c1)C1CCSCC1. The Balaban J connectivity index is 1.81. The fourth-order valence-electron chi connectivity index (χ4n) is 2.36. The quantitative estimate of drug-likeness (QED) is 0.842. The van der Waals surface area contributed by atoms with Crippen LogP contribution in [0.25, 0.3) is 11.0 Å². The molecule has 3 rings (SSSR count). The van der Waals surface area contributed by atoms with Crippen LogP contribution in [0.15, 0.2) is 22.8 Å². The minimum atomic E-state index is 0.0433. The molecule has 0 aliphatic carbocycles. The van der Waals surface area contributed by atoms with Gasteiger partial charge in [-0.2, -0.15) is 11.8 Å². The zero-order valence-electron chi connectivity index (χ0n) is 10.7. The maximum absolute atomic E-state index is 12.4. The average molecular weight is 277 g/mol. The van der Waals surface area contributed by atoms with Crippen LogP contribution in [0.3, 0.4) is 0 Å². The smallest absolute Gasteiger partial charge is 0.253 e. The molecular formula is C13H15N3O2S. The van der Waals surface area contributed by atoms with E-state index in [-0.39, 0.29) is 5.91 Å². The number of nitrogens with zero attached hydrogens (tertiary/aromatic N) is 3. The molecule has 5 nitrogen and oxygen atoms in total. The summed E-state index contributed by atoms with van der Waals surface area (Å²) in [6, 6.07) is 5.63. The largest absolute Gasteiger partial charge is 0.339 e. The molecule has 0 radical (unpaired) electrons. The number of fused-ring (bicyclic) bond motifs is 1. The van der Waals surface area contributed by atoms with Crippen LogP contribution >= 0.6 is 11.8 Å². The number of thioether (sulfide) groups is 1. The molecule has 2 aromatic rings. The summed E-state index contributed by atoms with van der Waals surface area (Å²) in [6.07, 6.45) is 2.14. The van der Waals surface area contributed by atoms with E-state index in [1.165, 1.54) is 0 Å². The lowest BCUT2D eigenvalue weighted by Gasteiger charge is -2.31. The second-order valence-corrected chi connectivity index (χ2v) is 5.95. The maximum Gasteiger partial charge on any atom is 0.253 e. The van der Waals surface area contributed by atoms with Gasteiger partial charge in [0.15, 0.2) is 0 Å². The first-order chi connectivity index (χ1) is 9.25. The zero-order valence-corrected chi connectivity index (χ0v) is 11.5. The van der Waals surface area contributed by atoms with Gasteiger partial charge in [-0.1, -0.05) is 0 Å². The lowest BCUT2D eigenvalue weighted by Crippen LogP contribution is -2.39. The van der Waals surface area contributed by atoms with Gasteiger partial charge in [-0.3, -0.25) is 4.79 Å². The normalized spacial score (nSPS) is 16.7. The maximum atomic E-state index is 12.4. The lowest BCUT2D eigenvalue weighted by molar-refractivity contribution is 0.0723. The molecular weight excluding hydrogens is 262 g/mol. The van der Waals surface area contributed by atoms with E-state index in [1.54, 1.807) is 18.2 Å². The van der Waals surface area contributed by atoms with E-state index in [0.717, 1.165) is 24.3 Å². The molecule has 0 saturated carbocycles. The number of rotatable bonds is 2. The molecule has 0 bridgehead atoms. The molecule has 6 heteroatoms. The van der Waals surface area contributed by atoms with Crippen LogP contribution in [0.5, 0.6) is 0 Å². The standard InChI is InChI=1S/C13H15N3O2S/c1-16(10-4-6-19-7-5-10)13(17)9-2-3-11-12(8-9)15-18-14-11/h2-3,8,10H,4-7H2,1H3. The highest BCUT2D eigenvalue weighted by Crippen LogP contribution is 2.22. The molecule has 1 aromatic carbocycles. The first-order valence-electron chi connectivity index (χ1n) is 6.33. The summed E-state index contributed by atoms with van der Waals surface area (Å²) in [5.41, 5.74) is 1.94. The number of benzene rings is 1. The zero-order chi connectivity index (χ0) is 13.2. The van der Waals surface area contributed by atoms with Crippen LogP contribution in [-0.2, 0) is 0 Å². The van der Waals surface area contributed by atoms with Crippen molar-refractivity contribution in [2.24, 2.45) is 0 Å². The first kappa shape index (κ1) is 12.5. The second-order valence-electron chi connectivity index (χ2n) is 4.73. The molecule has 0 spiro atoms. The molecule has 2 heterocycles. The predicted octanol–water partition coefficient (Wildman–Crippen LogP) is 2.19. The third kappa shape index (κ3) is 2.45. The Labute approximate surface area is 115 Å². The molecule has 1 fully saturated rings. The van der Waals surface area contributed by atoms with Crippen molar-refractivity contribution in [1.29, 1.82) is 0 Å². The molecule has 0 unspecified atom stereocenters. The van der Waals surface area contributed by atoms with E-state index in [9.17, 15) is 4.79 Å². The summed E-state index contributed by atoms with van der Waals surface area (Å²) in [5.74, 6) is 2.31. The second kappa shape index (κ2) is 5.21. The van der Waals surface area contributed by atoms with Crippen LogP contribution in [0.1, 0.15) is 23.2 Å². The van der Waals surface area contributed by atoms with Gasteiger partial charge >= 0.3 is 0 Å². The summed E-state index contributed by atoms with van der Waals surface area (Å²) < 4.78 is 4.65. The highest BCUT2D eigenvalue weighted by Gasteiger charge is 2.23. The molecule has 1 aliphatic heterocycles. The molecule has 1 saturated heterocycles. The van der Waals surface area contributed by atoms with Crippen molar-refractivity contribution >= 4 is 28.7 Å². The summed E-state index contributed by atoms with van der Waals surface area (Å²) in [4.78, 5) is 14.3. The van der Waals surface area contributed by atoms with E-state index in [0.29, 0.717) is 22.6 Å². The van der Waals surface area contributed by atoms with Gasteiger partial charge in [-0.15, -0.1) is 0 Å². The third-order valence-electron chi connectivity index (χ3n) is 3.56. The van der Waals surface area contributed by atoms with E-state index < -0.39 is 0 Å². The van der Waals surface area contributed by atoms with E-state index >= 15 is 0 Å². The Morgan fingerprint density at radius 3 is 2.84 bits per heavy atom. The molecule has 1 amide bonds.